The standard InChI is InChI=1S/C23H28N2O5/c1-3-17-8-5-6-9-20(17)25-21(26)10-7-11-23(28)30-16-22(27)24-18-12-14-19(15-13-18)29-4-2/h5-6,8-9,12-15H,3-4,7,10-11,16H2,1-2H3,(H,24,27)(H,25,26). The van der Waals surface area contributed by atoms with E-state index >= 15 is 0 Å². The largest absolute Gasteiger partial charge is 0.494 e. The molecule has 2 rings (SSSR count). The monoisotopic (exact) mass is 412 g/mol. The second-order valence-corrected chi connectivity index (χ2v) is 6.58. The van der Waals surface area contributed by atoms with Crippen molar-refractivity contribution in [1.82, 2.24) is 0 Å². The van der Waals surface area contributed by atoms with Gasteiger partial charge in [0.05, 0.1) is 6.61 Å². The smallest absolute Gasteiger partial charge is 0.306 e. The van der Waals surface area contributed by atoms with Crippen molar-refractivity contribution in [3.05, 3.63) is 54.1 Å². The molecule has 2 amide bonds. The van der Waals surface area contributed by atoms with E-state index in [2.05, 4.69) is 10.6 Å². The summed E-state index contributed by atoms with van der Waals surface area (Å²) in [6, 6.07) is 14.5. The molecule has 7 nitrogen and oxygen atoms in total. The molecule has 2 aromatic rings. The summed E-state index contributed by atoms with van der Waals surface area (Å²) >= 11 is 0. The molecule has 0 bridgehead atoms. The first kappa shape index (κ1) is 22.9. The molecule has 0 aliphatic rings. The number of nitrogens with one attached hydrogen (secondary N) is 2. The molecule has 0 aliphatic heterocycles. The average Bonchev–Trinajstić information content (AvgIpc) is 2.74. The molecule has 0 spiro atoms. The topological polar surface area (TPSA) is 93.7 Å². The summed E-state index contributed by atoms with van der Waals surface area (Å²) in [5, 5.41) is 5.50. The summed E-state index contributed by atoms with van der Waals surface area (Å²) in [5.41, 5.74) is 2.44. The van der Waals surface area contributed by atoms with Gasteiger partial charge in [-0.25, -0.2) is 0 Å². The van der Waals surface area contributed by atoms with E-state index in [-0.39, 0.29) is 25.4 Å². The van der Waals surface area contributed by atoms with Crippen LogP contribution >= 0.6 is 0 Å². The Morgan fingerprint density at radius 1 is 0.867 bits per heavy atom. The highest BCUT2D eigenvalue weighted by Crippen LogP contribution is 2.17. The van der Waals surface area contributed by atoms with Gasteiger partial charge in [0.2, 0.25) is 5.91 Å². The van der Waals surface area contributed by atoms with E-state index in [4.69, 9.17) is 9.47 Å². The van der Waals surface area contributed by atoms with E-state index < -0.39 is 11.9 Å². The summed E-state index contributed by atoms with van der Waals surface area (Å²) in [6.45, 7) is 4.10. The summed E-state index contributed by atoms with van der Waals surface area (Å²) in [5.74, 6) is -0.388. The minimum Gasteiger partial charge on any atom is -0.494 e. The molecule has 0 fully saturated rings. The van der Waals surface area contributed by atoms with Crippen LogP contribution in [0.3, 0.4) is 0 Å². The highest BCUT2D eigenvalue weighted by atomic mass is 16.5. The van der Waals surface area contributed by atoms with Crippen molar-refractivity contribution in [2.75, 3.05) is 23.8 Å². The van der Waals surface area contributed by atoms with E-state index in [1.54, 1.807) is 24.3 Å². The molecule has 0 unspecified atom stereocenters. The summed E-state index contributed by atoms with van der Waals surface area (Å²) in [6.07, 6.45) is 1.44. The van der Waals surface area contributed by atoms with E-state index in [0.29, 0.717) is 24.5 Å². The summed E-state index contributed by atoms with van der Waals surface area (Å²) < 4.78 is 10.3. The molecule has 0 saturated carbocycles. The lowest BCUT2D eigenvalue weighted by molar-refractivity contribution is -0.147. The molecular weight excluding hydrogens is 384 g/mol. The van der Waals surface area contributed by atoms with Crippen LogP contribution in [0.5, 0.6) is 5.75 Å². The fraction of sp³-hybridized carbons (Fsp3) is 0.348. The van der Waals surface area contributed by atoms with E-state index in [9.17, 15) is 14.4 Å². The summed E-state index contributed by atoms with van der Waals surface area (Å²) in [7, 11) is 0. The van der Waals surface area contributed by atoms with Crippen molar-refractivity contribution in [3.8, 4) is 5.75 Å². The van der Waals surface area contributed by atoms with Crippen LogP contribution in [-0.2, 0) is 25.5 Å². The van der Waals surface area contributed by atoms with Crippen molar-refractivity contribution >= 4 is 29.2 Å². The van der Waals surface area contributed by atoms with Gasteiger partial charge in [-0.1, -0.05) is 25.1 Å². The van der Waals surface area contributed by atoms with Crippen LogP contribution in [0.1, 0.15) is 38.7 Å². The third kappa shape index (κ3) is 7.95. The number of hydrogen-bond acceptors (Lipinski definition) is 5. The van der Waals surface area contributed by atoms with Gasteiger partial charge in [-0.15, -0.1) is 0 Å². The molecule has 7 heteroatoms. The third-order valence-corrected chi connectivity index (χ3v) is 4.27. The highest BCUT2D eigenvalue weighted by Gasteiger charge is 2.10. The van der Waals surface area contributed by atoms with Gasteiger partial charge in [-0.2, -0.15) is 0 Å². The van der Waals surface area contributed by atoms with E-state index in [1.807, 2.05) is 38.1 Å². The first-order valence-corrected chi connectivity index (χ1v) is 10.1. The van der Waals surface area contributed by atoms with Crippen molar-refractivity contribution in [3.63, 3.8) is 0 Å². The van der Waals surface area contributed by atoms with Crippen molar-refractivity contribution in [2.45, 2.75) is 39.5 Å². The first-order valence-electron chi connectivity index (χ1n) is 10.1. The van der Waals surface area contributed by atoms with Crippen LogP contribution in [0, 0.1) is 0 Å². The zero-order valence-corrected chi connectivity index (χ0v) is 17.4. The van der Waals surface area contributed by atoms with E-state index in [1.165, 1.54) is 0 Å². The SMILES string of the molecule is CCOc1ccc(NC(=O)COC(=O)CCCC(=O)Nc2ccccc2CC)cc1. The maximum atomic E-state index is 12.1. The number of benzene rings is 2. The van der Waals surface area contributed by atoms with Gasteiger partial charge in [0.15, 0.2) is 6.61 Å². The molecule has 2 aromatic carbocycles. The Morgan fingerprint density at radius 3 is 2.30 bits per heavy atom. The molecule has 0 aliphatic carbocycles. The lowest BCUT2D eigenvalue weighted by atomic mass is 10.1. The Bertz CT molecular complexity index is 849. The quantitative estimate of drug-likeness (QED) is 0.545. The Morgan fingerprint density at radius 2 is 1.60 bits per heavy atom. The lowest BCUT2D eigenvalue weighted by Gasteiger charge is -2.10. The summed E-state index contributed by atoms with van der Waals surface area (Å²) in [4.78, 5) is 35.8. The van der Waals surface area contributed by atoms with Gasteiger partial charge in [0, 0.05) is 24.2 Å². The number of rotatable bonds is 11. The minimum absolute atomic E-state index is 0.0686. The highest BCUT2D eigenvalue weighted by molar-refractivity contribution is 5.93. The van der Waals surface area contributed by atoms with E-state index in [0.717, 1.165) is 17.7 Å². The fourth-order valence-electron chi connectivity index (χ4n) is 2.77. The van der Waals surface area contributed by atoms with Gasteiger partial charge in [0.25, 0.3) is 5.91 Å². The van der Waals surface area contributed by atoms with Crippen molar-refractivity contribution < 1.29 is 23.9 Å². The number of anilines is 2. The molecule has 0 radical (unpaired) electrons. The number of para-hydroxylation sites is 1. The molecule has 0 aromatic heterocycles. The Labute approximate surface area is 176 Å². The number of hydrogen-bond donors (Lipinski definition) is 2. The molecule has 0 heterocycles. The third-order valence-electron chi connectivity index (χ3n) is 4.27. The first-order chi connectivity index (χ1) is 14.5. The van der Waals surface area contributed by atoms with Crippen molar-refractivity contribution in [1.29, 1.82) is 0 Å². The molecule has 0 atom stereocenters. The average molecular weight is 412 g/mol. The Balaban J connectivity index is 1.64. The van der Waals surface area contributed by atoms with Gasteiger partial charge in [-0.05, 0) is 55.7 Å². The van der Waals surface area contributed by atoms with Crippen LogP contribution in [-0.4, -0.2) is 31.0 Å². The number of amides is 2. The normalized spacial score (nSPS) is 10.2. The van der Waals surface area contributed by atoms with Crippen LogP contribution < -0.4 is 15.4 Å². The van der Waals surface area contributed by atoms with Gasteiger partial charge in [-0.3, -0.25) is 14.4 Å². The number of aryl methyl sites for hydroxylation is 1. The van der Waals surface area contributed by atoms with Crippen LogP contribution in [0.2, 0.25) is 0 Å². The second-order valence-electron chi connectivity index (χ2n) is 6.58. The Kier molecular flexibility index (Phi) is 9.37. The van der Waals surface area contributed by atoms with Gasteiger partial charge < -0.3 is 20.1 Å². The predicted octanol–water partition coefficient (Wildman–Crippen LogP) is 3.94. The molecule has 2 N–H and O–H groups in total. The fourth-order valence-corrected chi connectivity index (χ4v) is 2.77. The zero-order chi connectivity index (χ0) is 21.8. The second kappa shape index (κ2) is 12.3. The van der Waals surface area contributed by atoms with Crippen LogP contribution in [0.15, 0.2) is 48.5 Å². The maximum absolute atomic E-state index is 12.1. The molecule has 30 heavy (non-hydrogen) atoms. The Hall–Kier alpha value is -3.35. The van der Waals surface area contributed by atoms with Crippen molar-refractivity contribution in [2.24, 2.45) is 0 Å². The van der Waals surface area contributed by atoms with Crippen LogP contribution in [0.25, 0.3) is 0 Å². The zero-order valence-electron chi connectivity index (χ0n) is 17.4. The number of esters is 1. The predicted molar refractivity (Wildman–Crippen MR) is 116 cm³/mol. The van der Waals surface area contributed by atoms with Crippen LogP contribution in [0.4, 0.5) is 11.4 Å². The minimum atomic E-state index is -0.515. The number of carbonyl (C=O) groups excluding carboxylic acids is 3. The molecular formula is C23H28N2O5. The molecule has 160 valence electrons. The molecule has 0 saturated heterocycles. The maximum Gasteiger partial charge on any atom is 0.306 e. The number of ether oxygens (including phenoxy) is 2. The number of carbonyl (C=O) groups is 3. The van der Waals surface area contributed by atoms with Gasteiger partial charge >= 0.3 is 5.97 Å². The lowest BCUT2D eigenvalue weighted by Crippen LogP contribution is -2.21. The van der Waals surface area contributed by atoms with Gasteiger partial charge in [0.1, 0.15) is 5.75 Å².